The maximum Gasteiger partial charge on any atom is 0.0215 e. The second-order valence-electron chi connectivity index (χ2n) is 13.8. The molecule has 0 aromatic heterocycles. The lowest BCUT2D eigenvalue weighted by Crippen LogP contribution is -2.27. The first-order valence-electron chi connectivity index (χ1n) is 17.0. The molecule has 1 spiro atoms. The fourth-order valence-electron chi connectivity index (χ4n) is 7.91. The van der Waals surface area contributed by atoms with Gasteiger partial charge >= 0.3 is 0 Å². The molecule has 2 heteroatoms. The summed E-state index contributed by atoms with van der Waals surface area (Å²) < 4.78 is 0. The van der Waals surface area contributed by atoms with Gasteiger partial charge in [-0.05, 0) is 135 Å². The van der Waals surface area contributed by atoms with Gasteiger partial charge in [0.05, 0.1) is 0 Å². The van der Waals surface area contributed by atoms with Gasteiger partial charge in [0.2, 0.25) is 0 Å². The van der Waals surface area contributed by atoms with Crippen molar-refractivity contribution >= 4 is 47.7 Å². The van der Waals surface area contributed by atoms with Crippen LogP contribution in [0.1, 0.15) is 57.3 Å². The topological polar surface area (TPSA) is 0 Å². The molecule has 0 heterocycles. The summed E-state index contributed by atoms with van der Waals surface area (Å²) in [7, 11) is -1.31. The van der Waals surface area contributed by atoms with Gasteiger partial charge < -0.3 is 0 Å². The molecule has 0 amide bonds. The van der Waals surface area contributed by atoms with Gasteiger partial charge in [-0.2, -0.15) is 0 Å². The van der Waals surface area contributed by atoms with Crippen LogP contribution in [0.15, 0.2) is 133 Å². The second kappa shape index (κ2) is 12.3. The van der Waals surface area contributed by atoms with Crippen LogP contribution >= 0.6 is 15.8 Å². The van der Waals surface area contributed by atoms with Crippen molar-refractivity contribution in [3.8, 4) is 0 Å². The van der Waals surface area contributed by atoms with Crippen molar-refractivity contribution in [1.82, 2.24) is 0 Å². The van der Waals surface area contributed by atoms with Crippen LogP contribution in [0.5, 0.6) is 0 Å². The fourth-order valence-corrected chi connectivity index (χ4v) is 12.4. The highest BCUT2D eigenvalue weighted by Crippen LogP contribution is 2.53. The number of fused-ring (bicyclic) bond motifs is 4. The zero-order valence-electron chi connectivity index (χ0n) is 27.9. The van der Waals surface area contributed by atoms with Crippen molar-refractivity contribution in [2.45, 2.75) is 58.8 Å². The maximum absolute atomic E-state index is 2.64. The Morgan fingerprint density at radius 3 is 0.936 bits per heavy atom. The van der Waals surface area contributed by atoms with Gasteiger partial charge in [-0.3, -0.25) is 0 Å². The van der Waals surface area contributed by atoms with Gasteiger partial charge in [0.15, 0.2) is 0 Å². The van der Waals surface area contributed by atoms with Crippen LogP contribution in [0.2, 0.25) is 0 Å². The first-order chi connectivity index (χ1) is 22.9. The monoisotopic (exact) mass is 644 g/mol. The first-order valence-corrected chi connectivity index (χ1v) is 19.7. The Hall–Kier alpha value is -3.82. The highest BCUT2D eigenvalue weighted by Gasteiger charge is 2.45. The third kappa shape index (κ3) is 5.61. The number of hydrogen-bond donors (Lipinski definition) is 0. The molecule has 6 aromatic rings. The Morgan fingerprint density at radius 2 is 0.638 bits per heavy atom. The highest BCUT2D eigenvalue weighted by molar-refractivity contribution is 7.80. The molecule has 8 rings (SSSR count). The van der Waals surface area contributed by atoms with Crippen molar-refractivity contribution in [3.63, 3.8) is 0 Å². The number of rotatable bonds is 6. The Labute approximate surface area is 283 Å². The molecular weight excluding hydrogens is 602 g/mol. The van der Waals surface area contributed by atoms with Gasteiger partial charge in [0.1, 0.15) is 0 Å². The largest absolute Gasteiger partial charge is 0.0587 e. The normalized spacial score (nSPS) is 14.6. The summed E-state index contributed by atoms with van der Waals surface area (Å²) in [5, 5.41) is 8.65. The molecule has 2 aliphatic carbocycles. The number of benzene rings is 6. The summed E-state index contributed by atoms with van der Waals surface area (Å²) in [6.45, 7) is 8.75. The lowest BCUT2D eigenvalue weighted by Gasteiger charge is -2.29. The Balaban J connectivity index is 1.25. The van der Waals surface area contributed by atoms with E-state index >= 15 is 0 Å². The summed E-state index contributed by atoms with van der Waals surface area (Å²) in [5.74, 6) is 0. The molecule has 0 bridgehead atoms. The van der Waals surface area contributed by atoms with Crippen LogP contribution in [-0.4, -0.2) is 0 Å². The molecule has 232 valence electrons. The quantitative estimate of drug-likeness (QED) is 0.159. The summed E-state index contributed by atoms with van der Waals surface area (Å²) in [6.07, 6.45) is 4.75. The van der Waals surface area contributed by atoms with Crippen molar-refractivity contribution in [1.29, 1.82) is 0 Å². The minimum Gasteiger partial charge on any atom is -0.0587 e. The predicted molar refractivity (Wildman–Crippen MR) is 207 cm³/mol. The molecule has 0 fully saturated rings. The second-order valence-corrected chi connectivity index (χ2v) is 18.2. The van der Waals surface area contributed by atoms with E-state index in [-0.39, 0.29) is 5.41 Å². The van der Waals surface area contributed by atoms with E-state index in [1.165, 1.54) is 66.9 Å². The molecule has 2 aliphatic rings. The van der Waals surface area contributed by atoms with Crippen LogP contribution in [0.3, 0.4) is 0 Å². The molecule has 0 nitrogen and oxygen atoms in total. The highest BCUT2D eigenvalue weighted by atomic mass is 31.1. The zero-order valence-corrected chi connectivity index (χ0v) is 29.7. The third-order valence-electron chi connectivity index (χ3n) is 10.5. The predicted octanol–water partition coefficient (Wildman–Crippen LogP) is 8.62. The smallest absolute Gasteiger partial charge is 0.0215 e. The SMILES string of the molecule is Cc1ccc(P(c2ccc(C)cc2)c2ccc3c(c2)C2(CC3)CCc3ccc(P(c4ccc(C)cc4)c4ccc(C)cc4)cc32)cc1. The summed E-state index contributed by atoms with van der Waals surface area (Å²) >= 11 is 0. The zero-order chi connectivity index (χ0) is 32.1. The molecule has 0 saturated carbocycles. The van der Waals surface area contributed by atoms with Crippen LogP contribution < -0.4 is 31.8 Å². The van der Waals surface area contributed by atoms with E-state index in [1.54, 1.807) is 22.3 Å². The van der Waals surface area contributed by atoms with E-state index in [0.717, 1.165) is 12.8 Å². The van der Waals surface area contributed by atoms with Gasteiger partial charge in [-0.25, -0.2) is 0 Å². The minimum atomic E-state index is -0.655. The minimum absolute atomic E-state index is 0.0970. The first kappa shape index (κ1) is 30.5. The van der Waals surface area contributed by atoms with E-state index < -0.39 is 15.8 Å². The summed E-state index contributed by atoms with van der Waals surface area (Å²) in [5.41, 5.74) is 11.6. The van der Waals surface area contributed by atoms with E-state index in [0.29, 0.717) is 0 Å². The fraction of sp³-hybridized carbons (Fsp3) is 0.200. The summed E-state index contributed by atoms with van der Waals surface area (Å²) in [6, 6.07) is 52.3. The molecule has 0 atom stereocenters. The molecule has 0 N–H and O–H groups in total. The average molecular weight is 645 g/mol. The molecule has 0 saturated heterocycles. The molecule has 47 heavy (non-hydrogen) atoms. The lowest BCUT2D eigenvalue weighted by molar-refractivity contribution is 0.508. The van der Waals surface area contributed by atoms with E-state index in [1.807, 2.05) is 0 Å². The van der Waals surface area contributed by atoms with Gasteiger partial charge in [-0.1, -0.05) is 144 Å². The Kier molecular flexibility index (Phi) is 8.00. The van der Waals surface area contributed by atoms with Crippen LogP contribution in [0.4, 0.5) is 0 Å². The molecule has 0 unspecified atom stereocenters. The molecule has 0 radical (unpaired) electrons. The summed E-state index contributed by atoms with van der Waals surface area (Å²) in [4.78, 5) is 0. The van der Waals surface area contributed by atoms with Crippen molar-refractivity contribution in [2.24, 2.45) is 0 Å². The number of hydrogen-bond acceptors (Lipinski definition) is 0. The lowest BCUT2D eigenvalue weighted by atomic mass is 9.77. The standard InChI is InChI=1S/C45H42P2/c1-31-5-15-37(16-6-31)46(38-17-7-32(2)8-18-38)41-23-13-35-25-27-45(43(35)29-41)28-26-36-14-24-42(30-44(36)45)47(39-19-9-33(3)10-20-39)40-21-11-34(4)12-22-40/h5-24,29-30H,25-28H2,1-4H3. The van der Waals surface area contributed by atoms with Crippen LogP contribution in [0.25, 0.3) is 0 Å². The van der Waals surface area contributed by atoms with Gasteiger partial charge in [0, 0.05) is 5.41 Å². The molecule has 0 aliphatic heterocycles. The van der Waals surface area contributed by atoms with Crippen molar-refractivity contribution < 1.29 is 0 Å². The van der Waals surface area contributed by atoms with E-state index in [9.17, 15) is 0 Å². The van der Waals surface area contributed by atoms with Crippen LogP contribution in [0, 0.1) is 27.7 Å². The average Bonchev–Trinajstić information content (AvgIpc) is 3.65. The third-order valence-corrected chi connectivity index (χ3v) is 15.4. The van der Waals surface area contributed by atoms with Crippen LogP contribution in [-0.2, 0) is 18.3 Å². The Bertz CT molecular complexity index is 1810. The molecule has 6 aromatic carbocycles. The van der Waals surface area contributed by atoms with E-state index in [2.05, 4.69) is 161 Å². The van der Waals surface area contributed by atoms with Gasteiger partial charge in [-0.15, -0.1) is 0 Å². The van der Waals surface area contributed by atoms with Crippen molar-refractivity contribution in [3.05, 3.63) is 178 Å². The number of aryl methyl sites for hydroxylation is 6. The molecular formula is C45H42P2. The van der Waals surface area contributed by atoms with Crippen molar-refractivity contribution in [2.75, 3.05) is 0 Å². The van der Waals surface area contributed by atoms with Gasteiger partial charge in [0.25, 0.3) is 0 Å². The van der Waals surface area contributed by atoms with E-state index in [4.69, 9.17) is 0 Å². The maximum atomic E-state index is 2.64. The Morgan fingerprint density at radius 1 is 0.362 bits per heavy atom.